The molecule has 0 bridgehead atoms. The molecular weight excluding hydrogens is 242 g/mol. The first kappa shape index (κ1) is 13.6. The maximum atomic E-state index is 11.2. The van der Waals surface area contributed by atoms with Gasteiger partial charge in [0.1, 0.15) is 5.60 Å². The van der Waals surface area contributed by atoms with E-state index >= 15 is 0 Å². The number of aromatic hydroxyl groups is 1. The number of hydrogen-bond donors (Lipinski definition) is 2. The number of phenolic OH excluding ortho intramolecular Hbond substituents is 1. The molecule has 0 aliphatic rings. The Kier molecular flexibility index (Phi) is 3.56. The Bertz CT molecular complexity index is 503. The summed E-state index contributed by atoms with van der Waals surface area (Å²) in [5.41, 5.74) is -0.310. The molecule has 0 amide bonds. The van der Waals surface area contributed by atoms with Crippen LogP contribution in [0.2, 0.25) is 0 Å². The molecule has 0 spiro atoms. The van der Waals surface area contributed by atoms with E-state index in [4.69, 9.17) is 4.74 Å². The Morgan fingerprint density at radius 2 is 1.88 bits per heavy atom. The highest BCUT2D eigenvalue weighted by atomic mass is 32.2. The predicted molar refractivity (Wildman–Crippen MR) is 67.0 cm³/mol. The number of nitrogens with one attached hydrogen (secondary N) is 1. The molecule has 0 saturated carbocycles. The van der Waals surface area contributed by atoms with Crippen LogP contribution in [0.4, 0.5) is 5.69 Å². The van der Waals surface area contributed by atoms with E-state index in [0.29, 0.717) is 0 Å². The molecule has 0 aromatic heterocycles. The van der Waals surface area contributed by atoms with Gasteiger partial charge in [-0.3, -0.25) is 4.72 Å². The van der Waals surface area contributed by atoms with Crippen molar-refractivity contribution in [3.8, 4) is 11.5 Å². The molecule has 6 heteroatoms. The highest BCUT2D eigenvalue weighted by molar-refractivity contribution is 7.92. The van der Waals surface area contributed by atoms with E-state index in [1.54, 1.807) is 6.07 Å². The number of para-hydroxylation sites is 1. The number of anilines is 1. The highest BCUT2D eigenvalue weighted by Crippen LogP contribution is 2.37. The molecule has 0 aliphatic carbocycles. The van der Waals surface area contributed by atoms with Crippen molar-refractivity contribution in [1.29, 1.82) is 0 Å². The van der Waals surface area contributed by atoms with Gasteiger partial charge in [-0.25, -0.2) is 8.42 Å². The Balaban J connectivity index is 3.18. The third-order valence-corrected chi connectivity index (χ3v) is 2.29. The number of benzene rings is 1. The average molecular weight is 259 g/mol. The summed E-state index contributed by atoms with van der Waals surface area (Å²) in [6, 6.07) is 4.51. The van der Waals surface area contributed by atoms with Gasteiger partial charge in [-0.1, -0.05) is 6.07 Å². The van der Waals surface area contributed by atoms with E-state index in [9.17, 15) is 13.5 Å². The summed E-state index contributed by atoms with van der Waals surface area (Å²) in [6.45, 7) is 5.43. The second-order valence-electron chi connectivity index (χ2n) is 4.74. The second-order valence-corrected chi connectivity index (χ2v) is 6.49. The van der Waals surface area contributed by atoms with Crippen molar-refractivity contribution in [3.63, 3.8) is 0 Å². The minimum atomic E-state index is -3.41. The number of rotatable bonds is 3. The summed E-state index contributed by atoms with van der Waals surface area (Å²) >= 11 is 0. The first-order chi connectivity index (χ1) is 7.58. The zero-order chi connectivity index (χ0) is 13.3. The van der Waals surface area contributed by atoms with Gasteiger partial charge in [0.25, 0.3) is 0 Å². The lowest BCUT2D eigenvalue weighted by molar-refractivity contribution is 0.127. The van der Waals surface area contributed by atoms with E-state index in [2.05, 4.69) is 4.72 Å². The smallest absolute Gasteiger partial charge is 0.229 e. The molecule has 0 aliphatic heterocycles. The number of ether oxygens (including phenoxy) is 1. The normalized spacial score (nSPS) is 12.2. The first-order valence-electron chi connectivity index (χ1n) is 5.07. The van der Waals surface area contributed by atoms with E-state index in [0.717, 1.165) is 6.26 Å². The lowest BCUT2D eigenvalue weighted by atomic mass is 10.2. The lowest BCUT2D eigenvalue weighted by Crippen LogP contribution is -2.24. The van der Waals surface area contributed by atoms with Gasteiger partial charge in [0.05, 0.1) is 11.9 Å². The minimum absolute atomic E-state index is 0.103. The van der Waals surface area contributed by atoms with E-state index in [1.165, 1.54) is 12.1 Å². The van der Waals surface area contributed by atoms with Crippen molar-refractivity contribution in [2.75, 3.05) is 11.0 Å². The quantitative estimate of drug-likeness (QED) is 0.869. The van der Waals surface area contributed by atoms with Crippen LogP contribution in [0.15, 0.2) is 18.2 Å². The molecule has 0 heterocycles. The third kappa shape index (κ3) is 4.52. The van der Waals surface area contributed by atoms with E-state index in [-0.39, 0.29) is 17.2 Å². The van der Waals surface area contributed by atoms with Crippen LogP contribution in [-0.4, -0.2) is 25.4 Å². The van der Waals surface area contributed by atoms with Gasteiger partial charge in [0.2, 0.25) is 10.0 Å². The van der Waals surface area contributed by atoms with Crippen molar-refractivity contribution in [3.05, 3.63) is 18.2 Å². The van der Waals surface area contributed by atoms with Crippen LogP contribution in [0, 0.1) is 0 Å². The van der Waals surface area contributed by atoms with Crippen LogP contribution in [0.3, 0.4) is 0 Å². The Morgan fingerprint density at radius 3 is 2.35 bits per heavy atom. The third-order valence-electron chi connectivity index (χ3n) is 1.70. The lowest BCUT2D eigenvalue weighted by Gasteiger charge is -2.23. The van der Waals surface area contributed by atoms with Crippen LogP contribution in [-0.2, 0) is 10.0 Å². The average Bonchev–Trinajstić information content (AvgIpc) is 2.07. The molecule has 1 aromatic rings. The number of hydrogen-bond acceptors (Lipinski definition) is 4. The summed E-state index contributed by atoms with van der Waals surface area (Å²) in [6.07, 6.45) is 1.04. The summed E-state index contributed by atoms with van der Waals surface area (Å²) in [4.78, 5) is 0. The van der Waals surface area contributed by atoms with Crippen molar-refractivity contribution in [1.82, 2.24) is 0 Å². The summed E-state index contributed by atoms with van der Waals surface area (Å²) in [5.74, 6) is 0.0269. The Labute approximate surface area is 101 Å². The largest absolute Gasteiger partial charge is 0.504 e. The molecule has 0 fully saturated rings. The van der Waals surface area contributed by atoms with Crippen molar-refractivity contribution in [2.24, 2.45) is 0 Å². The molecular formula is C11H17NO4S. The van der Waals surface area contributed by atoms with Crippen molar-refractivity contribution >= 4 is 15.7 Å². The van der Waals surface area contributed by atoms with Crippen LogP contribution >= 0.6 is 0 Å². The molecule has 0 radical (unpaired) electrons. The number of sulfonamides is 1. The predicted octanol–water partition coefficient (Wildman–Crippen LogP) is 1.94. The van der Waals surface area contributed by atoms with Gasteiger partial charge in [0, 0.05) is 0 Å². The van der Waals surface area contributed by atoms with Crippen LogP contribution in [0.5, 0.6) is 11.5 Å². The maximum Gasteiger partial charge on any atom is 0.229 e. The zero-order valence-corrected chi connectivity index (χ0v) is 11.1. The topological polar surface area (TPSA) is 75.6 Å². The van der Waals surface area contributed by atoms with Crippen LogP contribution in [0.1, 0.15) is 20.8 Å². The van der Waals surface area contributed by atoms with Gasteiger partial charge >= 0.3 is 0 Å². The fourth-order valence-electron chi connectivity index (χ4n) is 1.22. The van der Waals surface area contributed by atoms with Crippen molar-refractivity contribution < 1.29 is 18.3 Å². The zero-order valence-electron chi connectivity index (χ0n) is 10.3. The molecule has 0 atom stereocenters. The highest BCUT2D eigenvalue weighted by Gasteiger charge is 2.19. The SMILES string of the molecule is CC(C)(C)Oc1c(O)cccc1NS(C)(=O)=O. The molecule has 2 N–H and O–H groups in total. The fraction of sp³-hybridized carbons (Fsp3) is 0.455. The monoisotopic (exact) mass is 259 g/mol. The van der Waals surface area contributed by atoms with E-state index in [1.807, 2.05) is 20.8 Å². The Hall–Kier alpha value is -1.43. The number of phenols is 1. The van der Waals surface area contributed by atoms with Crippen molar-refractivity contribution in [2.45, 2.75) is 26.4 Å². The maximum absolute atomic E-state index is 11.2. The van der Waals surface area contributed by atoms with Gasteiger partial charge < -0.3 is 9.84 Å². The van der Waals surface area contributed by atoms with E-state index < -0.39 is 15.6 Å². The molecule has 5 nitrogen and oxygen atoms in total. The second kappa shape index (κ2) is 4.44. The summed E-state index contributed by atoms with van der Waals surface area (Å²) in [7, 11) is -3.41. The molecule has 0 saturated heterocycles. The molecule has 1 aromatic carbocycles. The molecule has 1 rings (SSSR count). The van der Waals surface area contributed by atoms with Gasteiger partial charge in [0.15, 0.2) is 11.5 Å². The van der Waals surface area contributed by atoms with Gasteiger partial charge in [-0.2, -0.15) is 0 Å². The first-order valence-corrected chi connectivity index (χ1v) is 6.96. The standard InChI is InChI=1S/C11H17NO4S/c1-11(2,3)16-10-8(12-17(4,14)15)6-5-7-9(10)13/h5-7,12-13H,1-4H3. The van der Waals surface area contributed by atoms with Crippen LogP contribution < -0.4 is 9.46 Å². The molecule has 96 valence electrons. The van der Waals surface area contributed by atoms with Gasteiger partial charge in [-0.15, -0.1) is 0 Å². The molecule has 17 heavy (non-hydrogen) atoms. The van der Waals surface area contributed by atoms with Crippen LogP contribution in [0.25, 0.3) is 0 Å². The Morgan fingerprint density at radius 1 is 1.29 bits per heavy atom. The summed E-state index contributed by atoms with van der Waals surface area (Å²) in [5, 5.41) is 9.69. The molecule has 0 unspecified atom stereocenters. The minimum Gasteiger partial charge on any atom is -0.504 e. The van der Waals surface area contributed by atoms with Gasteiger partial charge in [-0.05, 0) is 32.9 Å². The summed E-state index contributed by atoms with van der Waals surface area (Å²) < 4.78 is 30.2. The fourth-order valence-corrected chi connectivity index (χ4v) is 1.78.